The molecule has 2 aromatic carbocycles. The highest BCUT2D eigenvalue weighted by molar-refractivity contribution is 8.01. The third-order valence-electron chi connectivity index (χ3n) is 6.13. The number of anilines is 2. The Morgan fingerprint density at radius 2 is 1.67 bits per heavy atom. The third-order valence-corrected chi connectivity index (χ3v) is 9.34. The van der Waals surface area contributed by atoms with Crippen LogP contribution in [0.25, 0.3) is 0 Å². The second-order valence-corrected chi connectivity index (χ2v) is 11.4. The maximum Gasteiger partial charge on any atom is 0.243 e. The molecule has 0 radical (unpaired) electrons. The summed E-state index contributed by atoms with van der Waals surface area (Å²) in [5.41, 5.74) is 2.50. The molecule has 3 aliphatic rings. The number of carbonyl (C=O) groups is 1. The summed E-state index contributed by atoms with van der Waals surface area (Å²) in [4.78, 5) is 16.7. The summed E-state index contributed by atoms with van der Waals surface area (Å²) >= 11 is 1.55. The Morgan fingerprint density at radius 3 is 2.39 bits per heavy atom. The molecule has 0 unspecified atom stereocenters. The van der Waals surface area contributed by atoms with Gasteiger partial charge in [-0.05, 0) is 36.2 Å². The van der Waals surface area contributed by atoms with Crippen LogP contribution >= 0.6 is 11.8 Å². The van der Waals surface area contributed by atoms with E-state index in [2.05, 4.69) is 10.2 Å². The van der Waals surface area contributed by atoms with Crippen molar-refractivity contribution in [2.45, 2.75) is 21.5 Å². The van der Waals surface area contributed by atoms with Gasteiger partial charge < -0.3 is 19.7 Å². The number of amides is 1. The molecule has 2 aromatic rings. The Hall–Kier alpha value is -2.11. The van der Waals surface area contributed by atoms with Gasteiger partial charge in [0.1, 0.15) is 0 Å². The molecule has 0 spiro atoms. The van der Waals surface area contributed by atoms with Gasteiger partial charge in [0.25, 0.3) is 0 Å². The highest BCUT2D eigenvalue weighted by Gasteiger charge is 2.31. The number of benzene rings is 2. The quantitative estimate of drug-likeness (QED) is 0.689. The van der Waals surface area contributed by atoms with Crippen LogP contribution in [-0.4, -0.2) is 76.5 Å². The lowest BCUT2D eigenvalue weighted by molar-refractivity contribution is -0.115. The Labute approximate surface area is 198 Å². The molecule has 0 saturated carbocycles. The normalized spacial score (nSPS) is 21.6. The van der Waals surface area contributed by atoms with Crippen LogP contribution in [0.2, 0.25) is 0 Å². The molecule has 1 amide bonds. The highest BCUT2D eigenvalue weighted by Crippen LogP contribution is 2.38. The average molecular weight is 490 g/mol. The summed E-state index contributed by atoms with van der Waals surface area (Å²) in [6.45, 7) is 3.97. The first-order valence-corrected chi connectivity index (χ1v) is 13.4. The fourth-order valence-electron chi connectivity index (χ4n) is 4.33. The molecule has 0 bridgehead atoms. The van der Waals surface area contributed by atoms with Gasteiger partial charge in [-0.3, -0.25) is 4.79 Å². The molecule has 1 atom stereocenters. The number of carbonyl (C=O) groups excluding carboxylic acids is 1. The van der Waals surface area contributed by atoms with Crippen LogP contribution in [-0.2, 0) is 30.7 Å². The molecule has 2 saturated heterocycles. The largest absolute Gasteiger partial charge is 0.379 e. The highest BCUT2D eigenvalue weighted by atomic mass is 32.2. The molecule has 10 heteroatoms. The lowest BCUT2D eigenvalue weighted by atomic mass is 10.1. The zero-order valence-electron chi connectivity index (χ0n) is 18.2. The molecular weight excluding hydrogens is 462 g/mol. The lowest BCUT2D eigenvalue weighted by Crippen LogP contribution is -2.40. The van der Waals surface area contributed by atoms with Gasteiger partial charge in [-0.1, -0.05) is 18.2 Å². The third kappa shape index (κ3) is 4.76. The van der Waals surface area contributed by atoms with Crippen LogP contribution in [0.5, 0.6) is 0 Å². The Balaban J connectivity index is 1.43. The van der Waals surface area contributed by atoms with Crippen molar-refractivity contribution >= 4 is 39.1 Å². The van der Waals surface area contributed by atoms with Crippen LogP contribution in [0, 0.1) is 0 Å². The molecule has 0 aromatic heterocycles. The van der Waals surface area contributed by atoms with Crippen molar-refractivity contribution in [3.05, 3.63) is 48.0 Å². The van der Waals surface area contributed by atoms with Gasteiger partial charge in [-0.25, -0.2) is 8.42 Å². The number of fused-ring (bicyclic) bond motifs is 1. The second-order valence-electron chi connectivity index (χ2n) is 8.20. The van der Waals surface area contributed by atoms with Crippen LogP contribution in [0.3, 0.4) is 0 Å². The van der Waals surface area contributed by atoms with Crippen LogP contribution in [0.15, 0.2) is 52.3 Å². The van der Waals surface area contributed by atoms with Crippen molar-refractivity contribution in [2.24, 2.45) is 0 Å². The SMILES string of the molecule is O=C(Nc1cc(S(=O)(=O)N2CCOCC2)ccc1N1CCOCC1)[C@@H]1Cc2ccccc2S1. The van der Waals surface area contributed by atoms with E-state index in [1.807, 2.05) is 24.3 Å². The average Bonchev–Trinajstić information content (AvgIpc) is 3.30. The zero-order valence-corrected chi connectivity index (χ0v) is 19.9. The van der Waals surface area contributed by atoms with Crippen molar-refractivity contribution < 1.29 is 22.7 Å². The fraction of sp³-hybridized carbons (Fsp3) is 0.435. The Kier molecular flexibility index (Phi) is 6.62. The number of nitrogens with one attached hydrogen (secondary N) is 1. The molecule has 5 rings (SSSR count). The molecule has 2 fully saturated rings. The van der Waals surface area contributed by atoms with E-state index in [0.29, 0.717) is 64.7 Å². The molecule has 33 heavy (non-hydrogen) atoms. The van der Waals surface area contributed by atoms with E-state index < -0.39 is 10.0 Å². The van der Waals surface area contributed by atoms with Crippen molar-refractivity contribution in [2.75, 3.05) is 62.8 Å². The number of sulfonamides is 1. The number of hydrogen-bond acceptors (Lipinski definition) is 7. The van der Waals surface area contributed by atoms with E-state index in [1.165, 1.54) is 9.87 Å². The molecule has 1 N–H and O–H groups in total. The van der Waals surface area contributed by atoms with Crippen LogP contribution in [0.4, 0.5) is 11.4 Å². The summed E-state index contributed by atoms with van der Waals surface area (Å²) in [5, 5.41) is 2.80. The van der Waals surface area contributed by atoms with E-state index in [4.69, 9.17) is 9.47 Å². The van der Waals surface area contributed by atoms with Crippen molar-refractivity contribution in [1.29, 1.82) is 0 Å². The van der Waals surface area contributed by atoms with E-state index in [9.17, 15) is 13.2 Å². The van der Waals surface area contributed by atoms with Gasteiger partial charge in [-0.2, -0.15) is 4.31 Å². The number of rotatable bonds is 5. The minimum absolute atomic E-state index is 0.119. The van der Waals surface area contributed by atoms with Crippen molar-refractivity contribution in [3.63, 3.8) is 0 Å². The molecule has 3 aliphatic heterocycles. The van der Waals surface area contributed by atoms with Gasteiger partial charge >= 0.3 is 0 Å². The number of hydrogen-bond donors (Lipinski definition) is 1. The number of morpholine rings is 2. The monoisotopic (exact) mass is 489 g/mol. The van der Waals surface area contributed by atoms with Gasteiger partial charge in [0, 0.05) is 31.1 Å². The smallest absolute Gasteiger partial charge is 0.243 e. The zero-order chi connectivity index (χ0) is 22.8. The molecule has 0 aliphatic carbocycles. The topological polar surface area (TPSA) is 88.2 Å². The molecule has 176 valence electrons. The first-order chi connectivity index (χ1) is 16.0. The summed E-state index contributed by atoms with van der Waals surface area (Å²) < 4.78 is 38.7. The summed E-state index contributed by atoms with van der Waals surface area (Å²) in [5.74, 6) is -0.119. The summed E-state index contributed by atoms with van der Waals surface area (Å²) in [7, 11) is -3.68. The first kappa shape index (κ1) is 22.7. The van der Waals surface area contributed by atoms with E-state index >= 15 is 0 Å². The lowest BCUT2D eigenvalue weighted by Gasteiger charge is -2.31. The van der Waals surface area contributed by atoms with E-state index in [-0.39, 0.29) is 16.1 Å². The summed E-state index contributed by atoms with van der Waals surface area (Å²) in [6.07, 6.45) is 0.658. The van der Waals surface area contributed by atoms with E-state index in [1.54, 1.807) is 30.0 Å². The molecule has 8 nitrogen and oxygen atoms in total. The molecule has 3 heterocycles. The first-order valence-electron chi connectivity index (χ1n) is 11.1. The Bertz CT molecular complexity index is 1100. The maximum absolute atomic E-state index is 13.2. The van der Waals surface area contributed by atoms with Gasteiger partial charge in [0.05, 0.1) is 47.9 Å². The van der Waals surface area contributed by atoms with Crippen LogP contribution < -0.4 is 10.2 Å². The maximum atomic E-state index is 13.2. The predicted molar refractivity (Wildman–Crippen MR) is 127 cm³/mol. The summed E-state index contributed by atoms with van der Waals surface area (Å²) in [6, 6.07) is 13.1. The number of nitrogens with zero attached hydrogens (tertiary/aromatic N) is 2. The minimum Gasteiger partial charge on any atom is -0.379 e. The van der Waals surface area contributed by atoms with Gasteiger partial charge in [-0.15, -0.1) is 11.8 Å². The molecular formula is C23H27N3O5S2. The van der Waals surface area contributed by atoms with E-state index in [0.717, 1.165) is 10.6 Å². The van der Waals surface area contributed by atoms with Gasteiger partial charge in [0.2, 0.25) is 15.9 Å². The van der Waals surface area contributed by atoms with Gasteiger partial charge in [0.15, 0.2) is 0 Å². The minimum atomic E-state index is -3.68. The number of thioether (sulfide) groups is 1. The predicted octanol–water partition coefficient (Wildman–Crippen LogP) is 2.20. The standard InChI is InChI=1S/C23H27N3O5S2/c27-23(22-15-17-3-1-2-4-21(17)32-22)24-19-16-18(33(28,29)26-9-13-31-14-10-26)5-6-20(19)25-7-11-30-12-8-25/h1-6,16,22H,7-15H2,(H,24,27)/t22-/m0/s1. The fourth-order valence-corrected chi connectivity index (χ4v) is 6.96. The second kappa shape index (κ2) is 9.63. The number of ether oxygens (including phenoxy) is 2. The van der Waals surface area contributed by atoms with Crippen LogP contribution in [0.1, 0.15) is 5.56 Å². The van der Waals surface area contributed by atoms with Crippen molar-refractivity contribution in [3.8, 4) is 0 Å². The Morgan fingerprint density at radius 1 is 0.970 bits per heavy atom. The van der Waals surface area contributed by atoms with Crippen molar-refractivity contribution in [1.82, 2.24) is 4.31 Å².